The highest BCUT2D eigenvalue weighted by molar-refractivity contribution is 6.17. The van der Waals surface area contributed by atoms with Gasteiger partial charge in [-0.15, -0.1) is 0 Å². The molecular weight excluding hydrogens is 255 g/mol. The number of benzene rings is 3. The van der Waals surface area contributed by atoms with E-state index in [1.165, 1.54) is 18.2 Å². The molecule has 0 N–H and O–H groups in total. The third-order valence-corrected chi connectivity index (χ3v) is 3.56. The quantitative estimate of drug-likeness (QED) is 0.351. The molecule has 96 valence electrons. The minimum absolute atomic E-state index is 0.364. The molecule has 0 saturated carbocycles. The molecule has 0 fully saturated rings. The highest BCUT2D eigenvalue weighted by Gasteiger charge is 2.10. The molecule has 3 heteroatoms. The fraction of sp³-hybridized carbons (Fsp3) is 0. The summed E-state index contributed by atoms with van der Waals surface area (Å²) in [5.41, 5.74) is 0.0366. The van der Waals surface area contributed by atoms with E-state index in [9.17, 15) is 9.18 Å². The van der Waals surface area contributed by atoms with Crippen molar-refractivity contribution in [3.63, 3.8) is 0 Å². The summed E-state index contributed by atoms with van der Waals surface area (Å²) < 4.78 is 18.9. The van der Waals surface area contributed by atoms with Gasteiger partial charge in [-0.25, -0.2) is 9.18 Å². The van der Waals surface area contributed by atoms with Crippen molar-refractivity contribution in [2.45, 2.75) is 0 Å². The van der Waals surface area contributed by atoms with Crippen molar-refractivity contribution in [2.75, 3.05) is 0 Å². The second kappa shape index (κ2) is 3.90. The molecule has 0 unspecified atom stereocenters. The van der Waals surface area contributed by atoms with Crippen LogP contribution in [0.5, 0.6) is 0 Å². The van der Waals surface area contributed by atoms with Gasteiger partial charge in [0.25, 0.3) is 0 Å². The van der Waals surface area contributed by atoms with Crippen LogP contribution in [0.4, 0.5) is 4.39 Å². The fourth-order valence-electron chi connectivity index (χ4n) is 2.67. The second-order valence-electron chi connectivity index (χ2n) is 4.74. The fourth-order valence-corrected chi connectivity index (χ4v) is 2.67. The third kappa shape index (κ3) is 1.46. The maximum absolute atomic E-state index is 13.6. The molecule has 0 atom stereocenters. The topological polar surface area (TPSA) is 30.2 Å². The maximum atomic E-state index is 13.6. The molecule has 0 bridgehead atoms. The molecule has 0 amide bonds. The molecule has 2 nitrogen and oxygen atoms in total. The first-order chi connectivity index (χ1) is 9.74. The highest BCUT2D eigenvalue weighted by atomic mass is 19.1. The van der Waals surface area contributed by atoms with E-state index in [0.29, 0.717) is 16.4 Å². The van der Waals surface area contributed by atoms with E-state index >= 15 is 0 Å². The Morgan fingerprint density at radius 1 is 0.850 bits per heavy atom. The van der Waals surface area contributed by atoms with Crippen LogP contribution in [0.15, 0.2) is 63.8 Å². The maximum Gasteiger partial charge on any atom is 0.344 e. The van der Waals surface area contributed by atoms with Gasteiger partial charge in [-0.05, 0) is 35.0 Å². The van der Waals surface area contributed by atoms with Gasteiger partial charge >= 0.3 is 5.63 Å². The molecule has 1 aromatic heterocycles. The average Bonchev–Trinajstić information content (AvgIpc) is 2.46. The average molecular weight is 264 g/mol. The Morgan fingerprint density at radius 2 is 1.70 bits per heavy atom. The van der Waals surface area contributed by atoms with Crippen LogP contribution in [-0.2, 0) is 0 Å². The standard InChI is InChI=1S/C17H9FO2/c18-11-6-7-13-14(9-11)16-12-4-2-1-3-10(12)5-8-15(16)20-17(13)19/h1-9H. The van der Waals surface area contributed by atoms with E-state index in [1.54, 1.807) is 6.07 Å². The van der Waals surface area contributed by atoms with Crippen molar-refractivity contribution in [2.24, 2.45) is 0 Å². The van der Waals surface area contributed by atoms with Crippen molar-refractivity contribution >= 4 is 32.5 Å². The largest absolute Gasteiger partial charge is 0.422 e. The van der Waals surface area contributed by atoms with Crippen LogP contribution in [0.25, 0.3) is 32.5 Å². The van der Waals surface area contributed by atoms with Gasteiger partial charge in [0.05, 0.1) is 5.39 Å². The molecule has 0 saturated heterocycles. The highest BCUT2D eigenvalue weighted by Crippen LogP contribution is 2.30. The zero-order valence-corrected chi connectivity index (χ0v) is 10.4. The lowest BCUT2D eigenvalue weighted by Crippen LogP contribution is -2.00. The minimum atomic E-state index is -0.442. The van der Waals surface area contributed by atoms with Crippen LogP contribution in [-0.4, -0.2) is 0 Å². The zero-order valence-electron chi connectivity index (χ0n) is 10.4. The van der Waals surface area contributed by atoms with E-state index in [4.69, 9.17) is 4.42 Å². The first kappa shape index (κ1) is 11.2. The van der Waals surface area contributed by atoms with E-state index in [0.717, 1.165) is 16.2 Å². The molecule has 0 radical (unpaired) electrons. The molecule has 0 spiro atoms. The van der Waals surface area contributed by atoms with Crippen LogP contribution >= 0.6 is 0 Å². The van der Waals surface area contributed by atoms with Gasteiger partial charge in [-0.1, -0.05) is 30.3 Å². The van der Waals surface area contributed by atoms with Crippen LogP contribution in [0.3, 0.4) is 0 Å². The number of fused-ring (bicyclic) bond motifs is 5. The second-order valence-corrected chi connectivity index (χ2v) is 4.74. The van der Waals surface area contributed by atoms with Crippen molar-refractivity contribution in [1.29, 1.82) is 0 Å². The molecule has 0 aliphatic rings. The smallest absolute Gasteiger partial charge is 0.344 e. The third-order valence-electron chi connectivity index (χ3n) is 3.56. The lowest BCUT2D eigenvalue weighted by Gasteiger charge is -2.06. The van der Waals surface area contributed by atoms with Crippen LogP contribution < -0.4 is 5.63 Å². The van der Waals surface area contributed by atoms with Gasteiger partial charge < -0.3 is 4.42 Å². The summed E-state index contributed by atoms with van der Waals surface area (Å²) in [5, 5.41) is 3.74. The Labute approximate surface area is 113 Å². The lowest BCUT2D eigenvalue weighted by atomic mass is 10.0. The Morgan fingerprint density at radius 3 is 2.60 bits per heavy atom. The summed E-state index contributed by atoms with van der Waals surface area (Å²) in [7, 11) is 0. The van der Waals surface area contributed by atoms with E-state index < -0.39 is 5.63 Å². The molecule has 4 rings (SSSR count). The first-order valence-corrected chi connectivity index (χ1v) is 6.28. The van der Waals surface area contributed by atoms with Gasteiger partial charge in [0, 0.05) is 10.8 Å². The van der Waals surface area contributed by atoms with Crippen molar-refractivity contribution in [3.05, 3.63) is 70.8 Å². The van der Waals surface area contributed by atoms with Gasteiger partial charge in [-0.2, -0.15) is 0 Å². The Kier molecular flexibility index (Phi) is 2.18. The normalized spacial score (nSPS) is 11.4. The van der Waals surface area contributed by atoms with E-state index in [-0.39, 0.29) is 5.82 Å². The Hall–Kier alpha value is -2.68. The molecule has 1 heterocycles. The zero-order chi connectivity index (χ0) is 13.7. The molecular formula is C17H9FO2. The number of hydrogen-bond donors (Lipinski definition) is 0. The van der Waals surface area contributed by atoms with Crippen LogP contribution in [0, 0.1) is 5.82 Å². The summed E-state index contributed by atoms with van der Waals surface area (Å²) in [4.78, 5) is 12.0. The predicted molar refractivity (Wildman–Crippen MR) is 77.5 cm³/mol. The summed E-state index contributed by atoms with van der Waals surface area (Å²) in [6.07, 6.45) is 0. The lowest BCUT2D eigenvalue weighted by molar-refractivity contribution is 0.569. The monoisotopic (exact) mass is 264 g/mol. The Balaban J connectivity index is 2.41. The first-order valence-electron chi connectivity index (χ1n) is 6.28. The number of hydrogen-bond acceptors (Lipinski definition) is 2. The number of rotatable bonds is 0. The van der Waals surface area contributed by atoms with Crippen molar-refractivity contribution in [1.82, 2.24) is 0 Å². The van der Waals surface area contributed by atoms with Crippen molar-refractivity contribution in [3.8, 4) is 0 Å². The van der Waals surface area contributed by atoms with Gasteiger partial charge in [0.15, 0.2) is 0 Å². The summed E-state index contributed by atoms with van der Waals surface area (Å²) in [5.74, 6) is -0.364. The summed E-state index contributed by atoms with van der Waals surface area (Å²) in [6, 6.07) is 15.6. The minimum Gasteiger partial charge on any atom is -0.422 e. The molecule has 20 heavy (non-hydrogen) atoms. The van der Waals surface area contributed by atoms with E-state index in [1.807, 2.05) is 30.3 Å². The van der Waals surface area contributed by atoms with Gasteiger partial charge in [-0.3, -0.25) is 0 Å². The molecule has 3 aromatic carbocycles. The van der Waals surface area contributed by atoms with Crippen LogP contribution in [0.2, 0.25) is 0 Å². The predicted octanol–water partition coefficient (Wildman–Crippen LogP) is 4.24. The molecule has 4 aromatic rings. The Bertz CT molecular complexity index is 1030. The summed E-state index contributed by atoms with van der Waals surface area (Å²) >= 11 is 0. The van der Waals surface area contributed by atoms with Gasteiger partial charge in [0.1, 0.15) is 11.4 Å². The molecule has 0 aliphatic heterocycles. The van der Waals surface area contributed by atoms with Crippen LogP contribution in [0.1, 0.15) is 0 Å². The van der Waals surface area contributed by atoms with Gasteiger partial charge in [0.2, 0.25) is 0 Å². The SMILES string of the molecule is O=c1oc2ccc3ccccc3c2c2cc(F)ccc12. The van der Waals surface area contributed by atoms with Crippen molar-refractivity contribution < 1.29 is 8.81 Å². The number of halogens is 1. The summed E-state index contributed by atoms with van der Waals surface area (Å²) in [6.45, 7) is 0. The van der Waals surface area contributed by atoms with E-state index in [2.05, 4.69) is 0 Å². The molecule has 0 aliphatic carbocycles.